The summed E-state index contributed by atoms with van der Waals surface area (Å²) in [6.45, 7) is 4.63. The first-order chi connectivity index (χ1) is 13.6. The van der Waals surface area contributed by atoms with Crippen molar-refractivity contribution in [1.29, 1.82) is 0 Å². The number of unbranched alkanes of at least 4 members (excludes halogenated alkanes) is 1. The van der Waals surface area contributed by atoms with E-state index in [0.717, 1.165) is 28.0 Å². The molecule has 2 aliphatic rings. The van der Waals surface area contributed by atoms with Crippen molar-refractivity contribution in [3.05, 3.63) is 42.0 Å². The Kier molecular flexibility index (Phi) is 5.47. The van der Waals surface area contributed by atoms with Gasteiger partial charge in [-0.25, -0.2) is 4.79 Å². The lowest BCUT2D eigenvalue weighted by molar-refractivity contribution is 0.128. The van der Waals surface area contributed by atoms with Gasteiger partial charge in [0.05, 0.1) is 11.6 Å². The van der Waals surface area contributed by atoms with Crippen molar-refractivity contribution in [2.75, 3.05) is 6.61 Å². The first-order valence-electron chi connectivity index (χ1n) is 10.7. The number of rotatable bonds is 6. The second kappa shape index (κ2) is 8.02. The number of fused-ring (bicyclic) bond motifs is 1. The van der Waals surface area contributed by atoms with Gasteiger partial charge in [-0.3, -0.25) is 0 Å². The fourth-order valence-electron chi connectivity index (χ4n) is 4.53. The minimum absolute atomic E-state index is 0.347. The molecule has 28 heavy (non-hydrogen) atoms. The molecule has 0 spiro atoms. The van der Waals surface area contributed by atoms with Crippen LogP contribution in [0.5, 0.6) is 5.75 Å². The lowest BCUT2D eigenvalue weighted by Gasteiger charge is -2.29. The predicted octanol–water partition coefficient (Wildman–Crippen LogP) is 5.92. The van der Waals surface area contributed by atoms with E-state index in [9.17, 15) is 4.79 Å². The number of benzene rings is 2. The van der Waals surface area contributed by atoms with E-state index in [4.69, 9.17) is 9.47 Å². The van der Waals surface area contributed by atoms with E-state index in [0.29, 0.717) is 12.7 Å². The van der Waals surface area contributed by atoms with Gasteiger partial charge in [0.1, 0.15) is 12.4 Å². The summed E-state index contributed by atoms with van der Waals surface area (Å²) in [5, 5.41) is 5.21. The summed E-state index contributed by atoms with van der Waals surface area (Å²) >= 11 is 0. The number of hydrogen-bond donors (Lipinski definition) is 1. The van der Waals surface area contributed by atoms with Crippen LogP contribution in [-0.2, 0) is 10.3 Å². The van der Waals surface area contributed by atoms with Gasteiger partial charge in [-0.15, -0.1) is 0 Å². The van der Waals surface area contributed by atoms with Crippen molar-refractivity contribution in [3.63, 3.8) is 0 Å². The maximum atomic E-state index is 11.5. The minimum Gasteiger partial charge on any atom is -0.490 e. The van der Waals surface area contributed by atoms with Crippen LogP contribution in [0.4, 0.5) is 4.79 Å². The maximum absolute atomic E-state index is 11.5. The number of cyclic esters (lactones) is 1. The molecule has 2 fully saturated rings. The second-order valence-corrected chi connectivity index (χ2v) is 8.66. The molecular weight excluding hydrogens is 350 g/mol. The third-order valence-corrected chi connectivity index (χ3v) is 6.38. The van der Waals surface area contributed by atoms with Crippen LogP contribution < -0.4 is 10.1 Å². The first kappa shape index (κ1) is 19.1. The third-order valence-electron chi connectivity index (χ3n) is 6.38. The van der Waals surface area contributed by atoms with Crippen LogP contribution in [0.3, 0.4) is 0 Å². The molecule has 0 radical (unpaired) electrons. The van der Waals surface area contributed by atoms with Gasteiger partial charge in [0, 0.05) is 0 Å². The van der Waals surface area contributed by atoms with E-state index in [1.807, 2.05) is 6.92 Å². The van der Waals surface area contributed by atoms with Gasteiger partial charge < -0.3 is 14.8 Å². The van der Waals surface area contributed by atoms with Crippen LogP contribution in [0.15, 0.2) is 36.4 Å². The van der Waals surface area contributed by atoms with Crippen LogP contribution in [0, 0.1) is 5.92 Å². The number of nitrogens with one attached hydrogen (secondary N) is 1. The Bertz CT molecular complexity index is 841. The summed E-state index contributed by atoms with van der Waals surface area (Å²) in [7, 11) is 0. The smallest absolute Gasteiger partial charge is 0.408 e. The van der Waals surface area contributed by atoms with Gasteiger partial charge in [0.15, 0.2) is 0 Å². The van der Waals surface area contributed by atoms with Crippen molar-refractivity contribution in [2.24, 2.45) is 5.92 Å². The molecule has 4 heteroatoms. The molecule has 1 aliphatic carbocycles. The molecule has 0 unspecified atom stereocenters. The predicted molar refractivity (Wildman–Crippen MR) is 112 cm³/mol. The average molecular weight is 382 g/mol. The number of alkyl carbamates (subject to hydrolysis) is 1. The monoisotopic (exact) mass is 381 g/mol. The van der Waals surface area contributed by atoms with Gasteiger partial charge in [0.25, 0.3) is 0 Å². The summed E-state index contributed by atoms with van der Waals surface area (Å²) in [4.78, 5) is 11.5. The molecule has 2 aromatic carbocycles. The molecule has 150 valence electrons. The fourth-order valence-corrected chi connectivity index (χ4v) is 4.53. The molecule has 1 amide bonds. The van der Waals surface area contributed by atoms with E-state index in [-0.39, 0.29) is 6.09 Å². The van der Waals surface area contributed by atoms with Crippen molar-refractivity contribution >= 4 is 16.9 Å². The topological polar surface area (TPSA) is 47.6 Å². The molecule has 4 rings (SSSR count). The van der Waals surface area contributed by atoms with Gasteiger partial charge in [-0.05, 0) is 73.1 Å². The fraction of sp³-hybridized carbons (Fsp3) is 0.542. The summed E-state index contributed by atoms with van der Waals surface area (Å²) in [5.74, 6) is 1.86. The number of carbonyl (C=O) groups excluding carboxylic acids is 1. The van der Waals surface area contributed by atoms with Crippen LogP contribution in [0.2, 0.25) is 0 Å². The van der Waals surface area contributed by atoms with Gasteiger partial charge >= 0.3 is 6.09 Å². The third kappa shape index (κ3) is 4.11. The Hall–Kier alpha value is -2.23. The highest BCUT2D eigenvalue weighted by Gasteiger charge is 2.36. The van der Waals surface area contributed by atoms with Crippen molar-refractivity contribution < 1.29 is 14.3 Å². The Morgan fingerprint density at radius 1 is 1.11 bits per heavy atom. The summed E-state index contributed by atoms with van der Waals surface area (Å²) in [6.07, 6.45) is 8.97. The lowest BCUT2D eigenvalue weighted by Crippen LogP contribution is -2.37. The Morgan fingerprint density at radius 2 is 1.86 bits per heavy atom. The maximum Gasteiger partial charge on any atom is 0.408 e. The average Bonchev–Trinajstić information content (AvgIpc) is 3.07. The number of carbonyl (C=O) groups is 1. The van der Waals surface area contributed by atoms with Crippen molar-refractivity contribution in [2.45, 2.75) is 70.4 Å². The molecule has 1 aliphatic heterocycles. The molecular formula is C24H31NO3. The Labute approximate surface area is 167 Å². The molecule has 0 aromatic heterocycles. The summed E-state index contributed by atoms with van der Waals surface area (Å²) < 4.78 is 11.4. The highest BCUT2D eigenvalue weighted by molar-refractivity contribution is 5.85. The lowest BCUT2D eigenvalue weighted by atomic mass is 9.84. The Balaban J connectivity index is 1.41. The highest BCUT2D eigenvalue weighted by Crippen LogP contribution is 2.33. The molecule has 1 atom stereocenters. The standard InChI is InChI=1S/C24H31NO3/c1-3-4-5-17-6-11-21(12-7-17)28-22-13-9-18-14-20(10-8-19(18)15-22)24(2)16-27-23(26)25-24/h8-10,13-15,17,21H,3-7,11-12,16H2,1-2H3,(H,25,26)/t17-,21-,24-/m0/s1. The van der Waals surface area contributed by atoms with Crippen molar-refractivity contribution in [1.82, 2.24) is 5.32 Å². The van der Waals surface area contributed by atoms with E-state index in [2.05, 4.69) is 48.6 Å². The zero-order chi connectivity index (χ0) is 19.6. The van der Waals surface area contributed by atoms with Crippen LogP contribution in [-0.4, -0.2) is 18.8 Å². The van der Waals surface area contributed by atoms with E-state index in [1.54, 1.807) is 0 Å². The Morgan fingerprint density at radius 3 is 2.57 bits per heavy atom. The van der Waals surface area contributed by atoms with Gasteiger partial charge in [-0.2, -0.15) is 0 Å². The highest BCUT2D eigenvalue weighted by atomic mass is 16.6. The summed E-state index contributed by atoms with van der Waals surface area (Å²) in [5.41, 5.74) is 0.599. The van der Waals surface area contributed by atoms with Gasteiger partial charge in [0.2, 0.25) is 0 Å². The van der Waals surface area contributed by atoms with Gasteiger partial charge in [-0.1, -0.05) is 44.4 Å². The number of hydrogen-bond acceptors (Lipinski definition) is 3. The first-order valence-corrected chi connectivity index (χ1v) is 10.7. The van der Waals surface area contributed by atoms with Crippen LogP contribution in [0.1, 0.15) is 64.4 Å². The molecule has 2 aromatic rings. The largest absolute Gasteiger partial charge is 0.490 e. The molecule has 1 N–H and O–H groups in total. The molecule has 1 heterocycles. The zero-order valence-corrected chi connectivity index (χ0v) is 17.0. The summed E-state index contributed by atoms with van der Waals surface area (Å²) in [6, 6.07) is 12.6. The van der Waals surface area contributed by atoms with E-state index < -0.39 is 5.54 Å². The second-order valence-electron chi connectivity index (χ2n) is 8.66. The van der Waals surface area contributed by atoms with E-state index in [1.165, 1.54) is 44.9 Å². The van der Waals surface area contributed by atoms with Crippen LogP contribution in [0.25, 0.3) is 10.8 Å². The number of amides is 1. The quantitative estimate of drug-likeness (QED) is 0.675. The normalized spacial score (nSPS) is 27.4. The number of ether oxygens (including phenoxy) is 2. The molecule has 1 saturated carbocycles. The van der Waals surface area contributed by atoms with E-state index >= 15 is 0 Å². The zero-order valence-electron chi connectivity index (χ0n) is 17.0. The van der Waals surface area contributed by atoms with Crippen molar-refractivity contribution in [3.8, 4) is 5.75 Å². The molecule has 4 nitrogen and oxygen atoms in total. The minimum atomic E-state index is -0.461. The molecule has 1 saturated heterocycles. The molecule has 0 bridgehead atoms. The van der Waals surface area contributed by atoms with Crippen LogP contribution >= 0.6 is 0 Å². The SMILES string of the molecule is CCCC[C@H]1CC[C@H](Oc2ccc3cc([C@]4(C)COC(=O)N4)ccc3c2)CC1.